The van der Waals surface area contributed by atoms with E-state index >= 15 is 0 Å². The molecule has 0 saturated heterocycles. The van der Waals surface area contributed by atoms with E-state index in [9.17, 15) is 15.3 Å². The Morgan fingerprint density at radius 3 is 1.83 bits per heavy atom. The highest BCUT2D eigenvalue weighted by molar-refractivity contribution is 5.80. The summed E-state index contributed by atoms with van der Waals surface area (Å²) in [5.41, 5.74) is 3.97. The zero-order valence-electron chi connectivity index (χ0n) is 10.7. The first kappa shape index (κ1) is 12.3. The minimum absolute atomic E-state index is 0.275. The van der Waals surface area contributed by atoms with Gasteiger partial charge in [0.2, 0.25) is 5.75 Å². The Bertz CT molecular complexity index is 595. The number of hydrogen-bond donors (Lipinski definition) is 3. The highest BCUT2D eigenvalue weighted by Crippen LogP contribution is 2.45. The van der Waals surface area contributed by atoms with Crippen molar-refractivity contribution in [2.24, 2.45) is 0 Å². The lowest BCUT2D eigenvalue weighted by Crippen LogP contribution is -1.90. The number of phenols is 3. The standard InChI is InChI=1S/C15H16O3/c1-8-5-4-6-9(2)12(8)11-7-10(3)13(16)15(18)14(11)17/h4-7,16-18H,1-3H3. The van der Waals surface area contributed by atoms with E-state index in [2.05, 4.69) is 0 Å². The average Bonchev–Trinajstić information content (AvgIpc) is 2.32. The lowest BCUT2D eigenvalue weighted by atomic mass is 9.93. The van der Waals surface area contributed by atoms with Crippen molar-refractivity contribution in [1.82, 2.24) is 0 Å². The summed E-state index contributed by atoms with van der Waals surface area (Å²) in [6.45, 7) is 5.58. The highest BCUT2D eigenvalue weighted by Gasteiger charge is 2.17. The Hall–Kier alpha value is -2.16. The zero-order valence-corrected chi connectivity index (χ0v) is 10.7. The molecule has 0 saturated carbocycles. The molecule has 0 radical (unpaired) electrons. The van der Waals surface area contributed by atoms with E-state index in [-0.39, 0.29) is 11.5 Å². The fourth-order valence-corrected chi connectivity index (χ4v) is 2.21. The van der Waals surface area contributed by atoms with Crippen molar-refractivity contribution in [1.29, 1.82) is 0 Å². The Balaban J connectivity index is 2.80. The number of phenolic OH excluding ortho intramolecular Hbond substituents is 3. The molecular weight excluding hydrogens is 228 g/mol. The molecule has 0 aliphatic rings. The summed E-state index contributed by atoms with van der Waals surface area (Å²) in [4.78, 5) is 0. The van der Waals surface area contributed by atoms with E-state index < -0.39 is 5.75 Å². The van der Waals surface area contributed by atoms with Gasteiger partial charge in [0.1, 0.15) is 0 Å². The molecule has 0 atom stereocenters. The van der Waals surface area contributed by atoms with Crippen LogP contribution < -0.4 is 0 Å². The van der Waals surface area contributed by atoms with Gasteiger partial charge in [0, 0.05) is 5.56 Å². The third-order valence-electron chi connectivity index (χ3n) is 3.19. The number of hydrogen-bond acceptors (Lipinski definition) is 3. The van der Waals surface area contributed by atoms with E-state index in [4.69, 9.17) is 0 Å². The number of benzene rings is 2. The summed E-state index contributed by atoms with van der Waals surface area (Å²) in [5.74, 6) is -1.02. The number of rotatable bonds is 1. The van der Waals surface area contributed by atoms with Crippen LogP contribution >= 0.6 is 0 Å². The van der Waals surface area contributed by atoms with Crippen molar-refractivity contribution in [3.63, 3.8) is 0 Å². The van der Waals surface area contributed by atoms with E-state index in [1.165, 1.54) is 0 Å². The molecule has 94 valence electrons. The third-order valence-corrected chi connectivity index (χ3v) is 3.19. The van der Waals surface area contributed by atoms with Gasteiger partial charge in [-0.1, -0.05) is 18.2 Å². The second kappa shape index (κ2) is 4.26. The minimum atomic E-state index is -0.465. The summed E-state index contributed by atoms with van der Waals surface area (Å²) >= 11 is 0. The Labute approximate surface area is 106 Å². The predicted molar refractivity (Wildman–Crippen MR) is 71.1 cm³/mol. The van der Waals surface area contributed by atoms with Gasteiger partial charge in [0.25, 0.3) is 0 Å². The SMILES string of the molecule is Cc1cc(-c2c(C)cccc2C)c(O)c(O)c1O. The molecule has 3 N–H and O–H groups in total. The molecule has 3 nitrogen and oxygen atoms in total. The summed E-state index contributed by atoms with van der Waals surface area (Å²) < 4.78 is 0. The molecule has 0 aliphatic carbocycles. The van der Waals surface area contributed by atoms with Crippen LogP contribution in [0.15, 0.2) is 24.3 Å². The van der Waals surface area contributed by atoms with Gasteiger partial charge < -0.3 is 15.3 Å². The van der Waals surface area contributed by atoms with Crippen LogP contribution in [0.4, 0.5) is 0 Å². The molecule has 0 heterocycles. The van der Waals surface area contributed by atoms with E-state index in [1.807, 2.05) is 32.0 Å². The van der Waals surface area contributed by atoms with Crippen LogP contribution in [0.25, 0.3) is 11.1 Å². The van der Waals surface area contributed by atoms with Gasteiger partial charge >= 0.3 is 0 Å². The molecule has 2 aromatic rings. The number of aryl methyl sites for hydroxylation is 3. The van der Waals surface area contributed by atoms with Gasteiger partial charge in [0.15, 0.2) is 11.5 Å². The third kappa shape index (κ3) is 1.78. The first-order valence-corrected chi connectivity index (χ1v) is 5.74. The van der Waals surface area contributed by atoms with Gasteiger partial charge in [-0.15, -0.1) is 0 Å². The van der Waals surface area contributed by atoms with Crippen molar-refractivity contribution >= 4 is 0 Å². The first-order valence-electron chi connectivity index (χ1n) is 5.74. The molecule has 0 unspecified atom stereocenters. The molecule has 2 aromatic carbocycles. The average molecular weight is 244 g/mol. The summed E-state index contributed by atoms with van der Waals surface area (Å²) in [6, 6.07) is 7.51. The van der Waals surface area contributed by atoms with Crippen LogP contribution in [0.2, 0.25) is 0 Å². The second-order valence-corrected chi connectivity index (χ2v) is 4.55. The first-order chi connectivity index (χ1) is 8.43. The maximum atomic E-state index is 10.00. The molecule has 2 rings (SSSR count). The van der Waals surface area contributed by atoms with Gasteiger partial charge in [-0.05, 0) is 49.1 Å². The predicted octanol–water partition coefficient (Wildman–Crippen LogP) is 3.40. The van der Waals surface area contributed by atoms with Gasteiger partial charge in [0.05, 0.1) is 0 Å². The smallest absolute Gasteiger partial charge is 0.201 e. The van der Waals surface area contributed by atoms with Gasteiger partial charge in [-0.25, -0.2) is 0 Å². The van der Waals surface area contributed by atoms with Crippen LogP contribution in [-0.2, 0) is 0 Å². The van der Waals surface area contributed by atoms with Crippen molar-refractivity contribution < 1.29 is 15.3 Å². The zero-order chi connectivity index (χ0) is 13.4. The summed E-state index contributed by atoms with van der Waals surface area (Å²) in [6.07, 6.45) is 0. The van der Waals surface area contributed by atoms with Crippen LogP contribution in [0.5, 0.6) is 17.2 Å². The molecule has 0 fully saturated rings. The fourth-order valence-electron chi connectivity index (χ4n) is 2.21. The molecule has 18 heavy (non-hydrogen) atoms. The largest absolute Gasteiger partial charge is 0.504 e. The van der Waals surface area contributed by atoms with Crippen LogP contribution in [0.3, 0.4) is 0 Å². The molecule has 0 spiro atoms. The topological polar surface area (TPSA) is 60.7 Å². The van der Waals surface area contributed by atoms with Gasteiger partial charge in [-0.3, -0.25) is 0 Å². The van der Waals surface area contributed by atoms with Crippen LogP contribution in [0, 0.1) is 20.8 Å². The maximum absolute atomic E-state index is 10.00. The van der Waals surface area contributed by atoms with Crippen molar-refractivity contribution in [3.05, 3.63) is 41.0 Å². The number of aromatic hydroxyl groups is 3. The molecule has 0 aromatic heterocycles. The van der Waals surface area contributed by atoms with Crippen molar-refractivity contribution in [2.45, 2.75) is 20.8 Å². The Morgan fingerprint density at radius 1 is 0.722 bits per heavy atom. The van der Waals surface area contributed by atoms with E-state index in [1.54, 1.807) is 13.0 Å². The molecule has 0 amide bonds. The van der Waals surface area contributed by atoms with E-state index in [0.29, 0.717) is 11.1 Å². The van der Waals surface area contributed by atoms with Crippen molar-refractivity contribution in [3.8, 4) is 28.4 Å². The molecule has 0 bridgehead atoms. The molecule has 3 heteroatoms. The van der Waals surface area contributed by atoms with E-state index in [0.717, 1.165) is 16.7 Å². The maximum Gasteiger partial charge on any atom is 0.201 e. The summed E-state index contributed by atoms with van der Waals surface area (Å²) in [5, 5.41) is 29.3. The van der Waals surface area contributed by atoms with Crippen LogP contribution in [-0.4, -0.2) is 15.3 Å². The van der Waals surface area contributed by atoms with Crippen molar-refractivity contribution in [2.75, 3.05) is 0 Å². The quantitative estimate of drug-likeness (QED) is 0.674. The van der Waals surface area contributed by atoms with Gasteiger partial charge in [-0.2, -0.15) is 0 Å². The molecular formula is C15H16O3. The van der Waals surface area contributed by atoms with Crippen LogP contribution in [0.1, 0.15) is 16.7 Å². The summed E-state index contributed by atoms with van der Waals surface area (Å²) in [7, 11) is 0. The lowest BCUT2D eigenvalue weighted by molar-refractivity contribution is 0.367. The normalized spacial score (nSPS) is 10.6. The monoisotopic (exact) mass is 244 g/mol. The molecule has 0 aliphatic heterocycles. The fraction of sp³-hybridized carbons (Fsp3) is 0.200. The Kier molecular flexibility index (Phi) is 2.91. The Morgan fingerprint density at radius 2 is 1.28 bits per heavy atom. The minimum Gasteiger partial charge on any atom is -0.504 e. The lowest BCUT2D eigenvalue weighted by Gasteiger charge is -2.14. The highest BCUT2D eigenvalue weighted by atomic mass is 16.3. The second-order valence-electron chi connectivity index (χ2n) is 4.55.